The van der Waals surface area contributed by atoms with Crippen LogP contribution in [0.15, 0.2) is 67.0 Å². The van der Waals surface area contributed by atoms with Crippen molar-refractivity contribution >= 4 is 0 Å². The third-order valence-electron chi connectivity index (χ3n) is 3.42. The van der Waals surface area contributed by atoms with Crippen molar-refractivity contribution in [2.45, 2.75) is 6.92 Å². The number of hydrogen-bond donors (Lipinski definition) is 0. The lowest BCUT2D eigenvalue weighted by Gasteiger charge is -2.05. The molecule has 3 aromatic rings. The van der Waals surface area contributed by atoms with E-state index in [1.165, 1.54) is 22.6 Å². The Morgan fingerprint density at radius 3 is 2.32 bits per heavy atom. The molecule has 0 aliphatic heterocycles. The minimum Gasteiger partial charge on any atom is -0.232 e. The fraction of sp³-hybridized carbons (Fsp3) is 0.118. The Bertz CT molecular complexity index is 696. The van der Waals surface area contributed by atoms with Crippen molar-refractivity contribution in [1.82, 2.24) is 4.57 Å². The Morgan fingerprint density at radius 2 is 1.58 bits per heavy atom. The Balaban J connectivity index is 2.23. The number of para-hydroxylation sites is 1. The van der Waals surface area contributed by atoms with Crippen LogP contribution in [0.4, 0.5) is 0 Å². The highest BCUT2D eigenvalue weighted by Crippen LogP contribution is 2.22. The van der Waals surface area contributed by atoms with Crippen LogP contribution in [0.2, 0.25) is 0 Å². The van der Waals surface area contributed by atoms with E-state index in [0.29, 0.717) is 0 Å². The lowest BCUT2D eigenvalue weighted by atomic mass is 10.1. The molecule has 2 heteroatoms. The van der Waals surface area contributed by atoms with Gasteiger partial charge in [-0.25, -0.2) is 4.57 Å². The van der Waals surface area contributed by atoms with Gasteiger partial charge in [-0.2, -0.15) is 4.57 Å². The maximum absolute atomic E-state index is 2.22. The van der Waals surface area contributed by atoms with Gasteiger partial charge in [-0.1, -0.05) is 36.4 Å². The van der Waals surface area contributed by atoms with Gasteiger partial charge in [0.05, 0.1) is 12.6 Å². The molecular formula is C17H17N2+. The summed E-state index contributed by atoms with van der Waals surface area (Å²) in [5.74, 6) is 1.20. The summed E-state index contributed by atoms with van der Waals surface area (Å²) < 4.78 is 4.39. The van der Waals surface area contributed by atoms with E-state index in [9.17, 15) is 0 Å². The summed E-state index contributed by atoms with van der Waals surface area (Å²) in [5.41, 5.74) is 3.73. The third-order valence-corrected chi connectivity index (χ3v) is 3.42. The monoisotopic (exact) mass is 249 g/mol. The Kier molecular flexibility index (Phi) is 2.92. The highest BCUT2D eigenvalue weighted by atomic mass is 15.1. The number of rotatable bonds is 2. The molecule has 0 bridgehead atoms. The number of imidazole rings is 1. The number of aromatic nitrogens is 2. The summed E-state index contributed by atoms with van der Waals surface area (Å²) in [7, 11) is 2.08. The first-order valence-electron chi connectivity index (χ1n) is 6.46. The minimum atomic E-state index is 1.18. The fourth-order valence-corrected chi connectivity index (χ4v) is 2.42. The molecule has 1 heterocycles. The summed E-state index contributed by atoms with van der Waals surface area (Å²) in [6.45, 7) is 2.15. The van der Waals surface area contributed by atoms with Gasteiger partial charge in [0.1, 0.15) is 18.1 Å². The van der Waals surface area contributed by atoms with Crippen LogP contribution < -0.4 is 4.57 Å². The Hall–Kier alpha value is -2.35. The van der Waals surface area contributed by atoms with Crippen molar-refractivity contribution in [2.24, 2.45) is 7.05 Å². The number of benzene rings is 2. The van der Waals surface area contributed by atoms with E-state index in [1.54, 1.807) is 0 Å². The first-order valence-corrected chi connectivity index (χ1v) is 6.46. The molecule has 0 saturated carbocycles. The molecule has 2 nitrogen and oxygen atoms in total. The highest BCUT2D eigenvalue weighted by molar-refractivity contribution is 5.60. The first kappa shape index (κ1) is 11.7. The summed E-state index contributed by atoms with van der Waals surface area (Å²) in [6.07, 6.45) is 4.20. The zero-order chi connectivity index (χ0) is 13.2. The molecule has 0 amide bonds. The van der Waals surface area contributed by atoms with Gasteiger partial charge >= 0.3 is 0 Å². The second-order valence-electron chi connectivity index (χ2n) is 4.75. The lowest BCUT2D eigenvalue weighted by molar-refractivity contribution is -0.659. The fourth-order valence-electron chi connectivity index (χ4n) is 2.42. The molecule has 0 N–H and O–H groups in total. The molecule has 0 fully saturated rings. The Morgan fingerprint density at radius 1 is 0.895 bits per heavy atom. The molecule has 0 aliphatic rings. The van der Waals surface area contributed by atoms with E-state index < -0.39 is 0 Å². The maximum atomic E-state index is 2.22. The second-order valence-corrected chi connectivity index (χ2v) is 4.75. The molecule has 94 valence electrons. The molecule has 0 unspecified atom stereocenters. The summed E-state index contributed by atoms with van der Waals surface area (Å²) >= 11 is 0. The van der Waals surface area contributed by atoms with Gasteiger partial charge in [-0.3, -0.25) is 0 Å². The molecule has 1 aromatic heterocycles. The molecule has 3 rings (SSSR count). The van der Waals surface area contributed by atoms with Crippen LogP contribution in [0.5, 0.6) is 0 Å². The molecular weight excluding hydrogens is 232 g/mol. The van der Waals surface area contributed by atoms with E-state index in [0.717, 1.165) is 0 Å². The van der Waals surface area contributed by atoms with Crippen molar-refractivity contribution < 1.29 is 4.57 Å². The van der Waals surface area contributed by atoms with E-state index in [-0.39, 0.29) is 0 Å². The zero-order valence-electron chi connectivity index (χ0n) is 11.2. The summed E-state index contributed by atoms with van der Waals surface area (Å²) in [6, 6.07) is 18.9. The standard InChI is InChI=1S/C17H17N2/c1-14-8-6-7-11-16(14)17-18(2)12-13-19(17)15-9-4-3-5-10-15/h3-13H,1-2H3/q+1. The smallest absolute Gasteiger partial charge is 0.232 e. The normalized spacial score (nSPS) is 10.6. The van der Waals surface area contributed by atoms with E-state index in [4.69, 9.17) is 0 Å². The van der Waals surface area contributed by atoms with E-state index >= 15 is 0 Å². The van der Waals surface area contributed by atoms with Crippen LogP contribution in [-0.2, 0) is 7.05 Å². The van der Waals surface area contributed by atoms with Gasteiger partial charge in [0.15, 0.2) is 0 Å². The number of aryl methyl sites for hydroxylation is 2. The van der Waals surface area contributed by atoms with Crippen LogP contribution in [0.25, 0.3) is 17.1 Å². The van der Waals surface area contributed by atoms with Crippen LogP contribution in [0.1, 0.15) is 5.56 Å². The summed E-state index contributed by atoms with van der Waals surface area (Å²) in [4.78, 5) is 0. The minimum absolute atomic E-state index is 1.18. The predicted octanol–water partition coefficient (Wildman–Crippen LogP) is 3.28. The van der Waals surface area contributed by atoms with Gasteiger partial charge in [0.2, 0.25) is 0 Å². The number of hydrogen-bond acceptors (Lipinski definition) is 0. The highest BCUT2D eigenvalue weighted by Gasteiger charge is 2.19. The lowest BCUT2D eigenvalue weighted by Crippen LogP contribution is -2.29. The number of nitrogens with zero attached hydrogens (tertiary/aromatic N) is 2. The predicted molar refractivity (Wildman–Crippen MR) is 77.1 cm³/mol. The van der Waals surface area contributed by atoms with Crippen molar-refractivity contribution in [3.05, 3.63) is 72.6 Å². The quantitative estimate of drug-likeness (QED) is 0.616. The van der Waals surface area contributed by atoms with Gasteiger partial charge in [-0.05, 0) is 30.7 Å². The molecule has 0 saturated heterocycles. The first-order chi connectivity index (χ1) is 9.27. The van der Waals surface area contributed by atoms with Crippen LogP contribution >= 0.6 is 0 Å². The second kappa shape index (κ2) is 4.73. The molecule has 0 aliphatic carbocycles. The van der Waals surface area contributed by atoms with Gasteiger partial charge in [-0.15, -0.1) is 0 Å². The van der Waals surface area contributed by atoms with Crippen LogP contribution in [0, 0.1) is 6.92 Å². The average molecular weight is 249 g/mol. The molecule has 2 aromatic carbocycles. The zero-order valence-corrected chi connectivity index (χ0v) is 11.2. The van der Waals surface area contributed by atoms with Crippen molar-refractivity contribution in [3.8, 4) is 17.1 Å². The van der Waals surface area contributed by atoms with E-state index in [1.807, 2.05) is 6.07 Å². The molecule has 0 spiro atoms. The SMILES string of the molecule is Cc1ccccc1-c1n(-c2ccccc2)cc[n+]1C. The molecule has 0 atom stereocenters. The Labute approximate surface area is 113 Å². The average Bonchev–Trinajstić information content (AvgIpc) is 2.82. The van der Waals surface area contributed by atoms with Crippen LogP contribution in [0.3, 0.4) is 0 Å². The largest absolute Gasteiger partial charge is 0.294 e. The van der Waals surface area contributed by atoms with Gasteiger partial charge < -0.3 is 0 Å². The molecule has 0 radical (unpaired) electrons. The van der Waals surface area contributed by atoms with Crippen LogP contribution in [-0.4, -0.2) is 4.57 Å². The topological polar surface area (TPSA) is 8.81 Å². The third kappa shape index (κ3) is 2.06. The maximum Gasteiger partial charge on any atom is 0.294 e. The van der Waals surface area contributed by atoms with Crippen molar-refractivity contribution in [2.75, 3.05) is 0 Å². The van der Waals surface area contributed by atoms with Crippen molar-refractivity contribution in [1.29, 1.82) is 0 Å². The van der Waals surface area contributed by atoms with Gasteiger partial charge in [0.25, 0.3) is 5.82 Å². The van der Waals surface area contributed by atoms with Gasteiger partial charge in [0, 0.05) is 0 Å². The van der Waals surface area contributed by atoms with E-state index in [2.05, 4.69) is 84.0 Å². The van der Waals surface area contributed by atoms with Crippen molar-refractivity contribution in [3.63, 3.8) is 0 Å². The molecule has 19 heavy (non-hydrogen) atoms. The summed E-state index contributed by atoms with van der Waals surface area (Å²) in [5, 5.41) is 0.